The predicted molar refractivity (Wildman–Crippen MR) is 70.5 cm³/mol. The molecule has 0 saturated heterocycles. The van der Waals surface area contributed by atoms with Gasteiger partial charge in [0.2, 0.25) is 0 Å². The van der Waals surface area contributed by atoms with Crippen LogP contribution in [0.1, 0.15) is 42.6 Å². The molecule has 0 aromatic carbocycles. The van der Waals surface area contributed by atoms with Crippen molar-refractivity contribution in [1.82, 2.24) is 10.3 Å². The molecule has 1 N–H and O–H groups in total. The van der Waals surface area contributed by atoms with E-state index < -0.39 is 0 Å². The fraction of sp³-hybridized carbons (Fsp3) is 0.538. The van der Waals surface area contributed by atoms with Crippen molar-refractivity contribution in [2.75, 3.05) is 5.88 Å². The number of aromatic nitrogens is 1. The lowest BCUT2D eigenvalue weighted by molar-refractivity contribution is 0.0902. The zero-order chi connectivity index (χ0) is 12.9. The monoisotopic (exact) mass is 254 g/mol. The van der Waals surface area contributed by atoms with Gasteiger partial charge in [-0.3, -0.25) is 9.78 Å². The number of alkyl halides is 1. The van der Waals surface area contributed by atoms with Crippen LogP contribution < -0.4 is 5.32 Å². The van der Waals surface area contributed by atoms with Crippen molar-refractivity contribution in [2.24, 2.45) is 0 Å². The van der Waals surface area contributed by atoms with Gasteiger partial charge in [-0.15, -0.1) is 11.6 Å². The number of amides is 1. The molecule has 0 radical (unpaired) electrons. The summed E-state index contributed by atoms with van der Waals surface area (Å²) in [6.45, 7) is 5.97. The summed E-state index contributed by atoms with van der Waals surface area (Å²) in [5, 5.41) is 3.01. The Hall–Kier alpha value is -1.09. The number of hydrogen-bond donors (Lipinski definition) is 1. The molecular formula is C13H19ClN2O. The molecule has 1 rings (SSSR count). The molecule has 17 heavy (non-hydrogen) atoms. The van der Waals surface area contributed by atoms with Crippen LogP contribution in [0.5, 0.6) is 0 Å². The number of pyridine rings is 1. The van der Waals surface area contributed by atoms with Gasteiger partial charge in [-0.25, -0.2) is 0 Å². The fourth-order valence-corrected chi connectivity index (χ4v) is 2.09. The Kier molecular flexibility index (Phi) is 4.94. The van der Waals surface area contributed by atoms with Gasteiger partial charge in [-0.1, -0.05) is 13.8 Å². The fourth-order valence-electron chi connectivity index (χ4n) is 1.64. The average Bonchev–Trinajstić information content (AvgIpc) is 2.36. The first-order valence-electron chi connectivity index (χ1n) is 5.87. The van der Waals surface area contributed by atoms with Crippen LogP contribution in [0.15, 0.2) is 18.5 Å². The Morgan fingerprint density at radius 1 is 1.41 bits per heavy atom. The summed E-state index contributed by atoms with van der Waals surface area (Å²) in [6.07, 6.45) is 4.94. The molecule has 0 saturated carbocycles. The van der Waals surface area contributed by atoms with Crippen molar-refractivity contribution in [3.05, 3.63) is 29.6 Å². The van der Waals surface area contributed by atoms with Crippen LogP contribution in [-0.4, -0.2) is 22.3 Å². The Morgan fingerprint density at radius 2 is 2.06 bits per heavy atom. The second-order valence-corrected chi connectivity index (χ2v) is 4.59. The molecule has 0 aliphatic carbocycles. The molecule has 0 aliphatic rings. The van der Waals surface area contributed by atoms with Crippen molar-refractivity contribution < 1.29 is 4.79 Å². The largest absolute Gasteiger partial charge is 0.345 e. The Morgan fingerprint density at radius 3 is 2.53 bits per heavy atom. The van der Waals surface area contributed by atoms with E-state index in [4.69, 9.17) is 11.6 Å². The summed E-state index contributed by atoms with van der Waals surface area (Å²) in [5.74, 6) is 0.316. The summed E-state index contributed by atoms with van der Waals surface area (Å²) in [7, 11) is 0. The van der Waals surface area contributed by atoms with E-state index in [1.807, 2.05) is 26.8 Å². The third-order valence-electron chi connectivity index (χ3n) is 3.13. The maximum absolute atomic E-state index is 12.1. The minimum atomic E-state index is -0.317. The number of carbonyl (C=O) groups is 1. The minimum absolute atomic E-state index is 0.106. The van der Waals surface area contributed by atoms with Crippen LogP contribution in [0.4, 0.5) is 0 Å². The zero-order valence-corrected chi connectivity index (χ0v) is 11.3. The predicted octanol–water partition coefficient (Wildman–Crippen LogP) is 2.92. The zero-order valence-electron chi connectivity index (χ0n) is 10.6. The van der Waals surface area contributed by atoms with E-state index in [9.17, 15) is 4.79 Å². The van der Waals surface area contributed by atoms with E-state index in [0.29, 0.717) is 11.4 Å². The smallest absolute Gasteiger partial charge is 0.253 e. The van der Waals surface area contributed by atoms with Gasteiger partial charge in [0.05, 0.1) is 11.1 Å². The average molecular weight is 255 g/mol. The van der Waals surface area contributed by atoms with Crippen LogP contribution in [0.2, 0.25) is 0 Å². The van der Waals surface area contributed by atoms with Gasteiger partial charge in [0, 0.05) is 18.3 Å². The first-order chi connectivity index (χ1) is 8.06. The number of nitrogens with one attached hydrogen (secondary N) is 1. The molecule has 4 heteroatoms. The van der Waals surface area contributed by atoms with E-state index in [0.717, 1.165) is 18.4 Å². The molecule has 0 fully saturated rings. The lowest BCUT2D eigenvalue weighted by Crippen LogP contribution is -2.49. The van der Waals surface area contributed by atoms with E-state index in [1.54, 1.807) is 12.4 Å². The number of aryl methyl sites for hydroxylation is 1. The van der Waals surface area contributed by atoms with Gasteiger partial charge in [0.25, 0.3) is 5.91 Å². The molecule has 0 unspecified atom stereocenters. The van der Waals surface area contributed by atoms with Gasteiger partial charge < -0.3 is 5.32 Å². The van der Waals surface area contributed by atoms with E-state index in [2.05, 4.69) is 10.3 Å². The molecule has 1 heterocycles. The second kappa shape index (κ2) is 6.01. The number of nitrogens with zero attached hydrogens (tertiary/aromatic N) is 1. The highest BCUT2D eigenvalue weighted by Gasteiger charge is 2.27. The SMILES string of the molecule is CCC(CC)(CCl)NC(=O)c1cncc(C)c1. The highest BCUT2D eigenvalue weighted by molar-refractivity contribution is 6.18. The minimum Gasteiger partial charge on any atom is -0.345 e. The quantitative estimate of drug-likeness (QED) is 0.821. The Balaban J connectivity index is 2.84. The Bertz CT molecular complexity index is 380. The van der Waals surface area contributed by atoms with Crippen molar-refractivity contribution in [2.45, 2.75) is 39.2 Å². The normalized spacial score (nSPS) is 11.3. The van der Waals surface area contributed by atoms with Crippen molar-refractivity contribution in [1.29, 1.82) is 0 Å². The molecule has 0 aliphatic heterocycles. The number of carbonyl (C=O) groups excluding carboxylic acids is 1. The van der Waals surface area contributed by atoms with Gasteiger partial charge in [0.15, 0.2) is 0 Å². The number of rotatable bonds is 5. The summed E-state index contributed by atoms with van der Waals surface area (Å²) in [4.78, 5) is 16.1. The van der Waals surface area contributed by atoms with Crippen LogP contribution in [-0.2, 0) is 0 Å². The van der Waals surface area contributed by atoms with Gasteiger partial charge >= 0.3 is 0 Å². The lowest BCUT2D eigenvalue weighted by Gasteiger charge is -2.30. The maximum Gasteiger partial charge on any atom is 0.253 e. The Labute approximate surface area is 108 Å². The van der Waals surface area contributed by atoms with Crippen LogP contribution in [0.3, 0.4) is 0 Å². The topological polar surface area (TPSA) is 42.0 Å². The van der Waals surface area contributed by atoms with E-state index >= 15 is 0 Å². The van der Waals surface area contributed by atoms with E-state index in [1.165, 1.54) is 0 Å². The highest BCUT2D eigenvalue weighted by atomic mass is 35.5. The van der Waals surface area contributed by atoms with Crippen LogP contribution in [0.25, 0.3) is 0 Å². The summed E-state index contributed by atoms with van der Waals surface area (Å²) < 4.78 is 0. The summed E-state index contributed by atoms with van der Waals surface area (Å²) >= 11 is 5.96. The maximum atomic E-state index is 12.1. The third-order valence-corrected chi connectivity index (χ3v) is 3.64. The van der Waals surface area contributed by atoms with Gasteiger partial charge in [0.1, 0.15) is 0 Å². The van der Waals surface area contributed by atoms with Crippen molar-refractivity contribution >= 4 is 17.5 Å². The highest BCUT2D eigenvalue weighted by Crippen LogP contribution is 2.18. The van der Waals surface area contributed by atoms with E-state index in [-0.39, 0.29) is 11.4 Å². The molecule has 3 nitrogen and oxygen atoms in total. The molecular weight excluding hydrogens is 236 g/mol. The number of halogens is 1. The standard InChI is InChI=1S/C13H19ClN2O/c1-4-13(5-2,9-14)16-12(17)11-6-10(3)7-15-8-11/h6-8H,4-5,9H2,1-3H3,(H,16,17). The third kappa shape index (κ3) is 3.43. The number of hydrogen-bond acceptors (Lipinski definition) is 2. The molecule has 0 bridgehead atoms. The molecule has 0 spiro atoms. The molecule has 1 aromatic rings. The summed E-state index contributed by atoms with van der Waals surface area (Å²) in [6, 6.07) is 1.83. The second-order valence-electron chi connectivity index (χ2n) is 4.33. The summed E-state index contributed by atoms with van der Waals surface area (Å²) in [5.41, 5.74) is 1.24. The molecule has 94 valence electrons. The molecule has 0 atom stereocenters. The van der Waals surface area contributed by atoms with Crippen LogP contribution in [0, 0.1) is 6.92 Å². The molecule has 1 amide bonds. The van der Waals surface area contributed by atoms with Crippen molar-refractivity contribution in [3.63, 3.8) is 0 Å². The van der Waals surface area contributed by atoms with Crippen molar-refractivity contribution in [3.8, 4) is 0 Å². The molecule has 1 aromatic heterocycles. The first-order valence-corrected chi connectivity index (χ1v) is 6.40. The van der Waals surface area contributed by atoms with Gasteiger partial charge in [-0.2, -0.15) is 0 Å². The lowest BCUT2D eigenvalue weighted by atomic mass is 9.95. The van der Waals surface area contributed by atoms with Gasteiger partial charge in [-0.05, 0) is 31.4 Å². The first kappa shape index (κ1) is 14.0. The van der Waals surface area contributed by atoms with Crippen LogP contribution >= 0.6 is 11.6 Å².